The highest BCUT2D eigenvalue weighted by molar-refractivity contribution is 5.67. The average molecular weight is 517 g/mol. The fraction of sp³-hybridized carbons (Fsp3) is 0.618. The zero-order valence-electron chi connectivity index (χ0n) is 23.4. The Morgan fingerprint density at radius 3 is 1.87 bits per heavy atom. The van der Waals surface area contributed by atoms with Crippen LogP contribution in [0.1, 0.15) is 130 Å². The standard InChI is InChI=1S/C34H48N2O2/c1-2-3-22-35-34(37)38-31-23-32(36-24-31)33(29-18-14-27(15-19-29)25-10-6-4-7-11-25)30-20-16-28(17-21-30)26-12-8-5-9-13-26/h14-21,25-26,31-33,36H,2-13,22-24H2,1H3,(H,35,37)/t31-,32-/m1/s1. The van der Waals surface area contributed by atoms with Gasteiger partial charge in [-0.1, -0.05) is 100 Å². The van der Waals surface area contributed by atoms with Crippen molar-refractivity contribution in [1.29, 1.82) is 0 Å². The number of amides is 1. The van der Waals surface area contributed by atoms with Crippen molar-refractivity contribution in [1.82, 2.24) is 10.6 Å². The molecule has 2 saturated carbocycles. The van der Waals surface area contributed by atoms with Gasteiger partial charge in [0.25, 0.3) is 0 Å². The molecule has 3 aliphatic rings. The second kappa shape index (κ2) is 13.6. The lowest BCUT2D eigenvalue weighted by atomic mass is 9.79. The van der Waals surface area contributed by atoms with E-state index in [2.05, 4.69) is 66.1 Å². The van der Waals surface area contributed by atoms with E-state index in [0.717, 1.165) is 31.1 Å². The molecule has 2 atom stereocenters. The van der Waals surface area contributed by atoms with E-state index in [1.165, 1.54) is 86.5 Å². The molecular weight excluding hydrogens is 468 g/mol. The summed E-state index contributed by atoms with van der Waals surface area (Å²) in [4.78, 5) is 12.3. The molecule has 1 amide bonds. The average Bonchev–Trinajstić information content (AvgIpc) is 3.42. The Labute approximate surface area is 230 Å². The normalized spacial score (nSPS) is 23.0. The van der Waals surface area contributed by atoms with Gasteiger partial charge in [-0.05, 0) is 66.2 Å². The van der Waals surface area contributed by atoms with Gasteiger partial charge in [-0.25, -0.2) is 4.79 Å². The monoisotopic (exact) mass is 516 g/mol. The molecule has 0 unspecified atom stereocenters. The molecule has 2 aromatic carbocycles. The molecule has 206 valence electrons. The lowest BCUT2D eigenvalue weighted by Gasteiger charge is -2.27. The Balaban J connectivity index is 1.32. The van der Waals surface area contributed by atoms with Crippen LogP contribution in [0.5, 0.6) is 0 Å². The smallest absolute Gasteiger partial charge is 0.407 e. The van der Waals surface area contributed by atoms with Gasteiger partial charge in [-0.15, -0.1) is 0 Å². The van der Waals surface area contributed by atoms with Crippen molar-refractivity contribution in [2.45, 2.75) is 120 Å². The maximum Gasteiger partial charge on any atom is 0.407 e. The van der Waals surface area contributed by atoms with Crippen LogP contribution >= 0.6 is 0 Å². The van der Waals surface area contributed by atoms with Crippen LogP contribution in [0.4, 0.5) is 4.79 Å². The number of ether oxygens (including phenoxy) is 1. The van der Waals surface area contributed by atoms with Gasteiger partial charge in [0.15, 0.2) is 0 Å². The van der Waals surface area contributed by atoms with Crippen LogP contribution in [-0.2, 0) is 4.74 Å². The van der Waals surface area contributed by atoms with E-state index in [-0.39, 0.29) is 24.2 Å². The predicted molar refractivity (Wildman–Crippen MR) is 156 cm³/mol. The molecule has 0 bridgehead atoms. The Bertz CT molecular complexity index is 929. The van der Waals surface area contributed by atoms with E-state index in [9.17, 15) is 4.79 Å². The van der Waals surface area contributed by atoms with Gasteiger partial charge in [0.05, 0.1) is 0 Å². The summed E-state index contributed by atoms with van der Waals surface area (Å²) in [6.07, 6.45) is 16.1. The number of rotatable bonds is 9. The number of benzene rings is 2. The maximum absolute atomic E-state index is 12.3. The molecule has 0 spiro atoms. The van der Waals surface area contributed by atoms with Gasteiger partial charge in [0, 0.05) is 31.5 Å². The number of unbranched alkanes of at least 4 members (excludes halogenated alkanes) is 1. The molecule has 2 aliphatic carbocycles. The number of nitrogens with one attached hydrogen (secondary N) is 2. The third-order valence-corrected chi connectivity index (χ3v) is 9.34. The van der Waals surface area contributed by atoms with Crippen LogP contribution in [-0.4, -0.2) is 31.3 Å². The number of carbonyl (C=O) groups is 1. The highest BCUT2D eigenvalue weighted by Crippen LogP contribution is 2.38. The zero-order chi connectivity index (χ0) is 26.2. The van der Waals surface area contributed by atoms with Crippen LogP contribution in [0.3, 0.4) is 0 Å². The molecule has 1 saturated heterocycles. The third kappa shape index (κ3) is 7.00. The molecule has 1 heterocycles. The van der Waals surface area contributed by atoms with Gasteiger partial charge in [-0.2, -0.15) is 0 Å². The first-order chi connectivity index (χ1) is 18.7. The lowest BCUT2D eigenvalue weighted by molar-refractivity contribution is 0.106. The minimum atomic E-state index is -0.281. The SMILES string of the molecule is CCCCNC(=O)O[C@H]1CN[C@@H](C(c2ccc(C3CCCCC3)cc2)c2ccc(C3CCCCC3)cc2)C1. The summed E-state index contributed by atoms with van der Waals surface area (Å²) < 4.78 is 5.79. The highest BCUT2D eigenvalue weighted by atomic mass is 16.6. The largest absolute Gasteiger partial charge is 0.445 e. The van der Waals surface area contributed by atoms with E-state index in [0.29, 0.717) is 13.1 Å². The summed E-state index contributed by atoms with van der Waals surface area (Å²) in [6.45, 7) is 3.52. The van der Waals surface area contributed by atoms with Crippen molar-refractivity contribution in [2.75, 3.05) is 13.1 Å². The van der Waals surface area contributed by atoms with Crippen molar-refractivity contribution in [2.24, 2.45) is 0 Å². The van der Waals surface area contributed by atoms with Crippen molar-refractivity contribution in [3.8, 4) is 0 Å². The van der Waals surface area contributed by atoms with Crippen molar-refractivity contribution < 1.29 is 9.53 Å². The Hall–Kier alpha value is -2.33. The number of hydrogen-bond acceptors (Lipinski definition) is 3. The van der Waals surface area contributed by atoms with Crippen LogP contribution in [0.25, 0.3) is 0 Å². The first-order valence-electron chi connectivity index (χ1n) is 15.6. The number of alkyl carbamates (subject to hydrolysis) is 1. The molecule has 4 nitrogen and oxygen atoms in total. The van der Waals surface area contributed by atoms with E-state index in [4.69, 9.17) is 4.74 Å². The molecule has 2 N–H and O–H groups in total. The summed E-state index contributed by atoms with van der Waals surface area (Å²) in [7, 11) is 0. The van der Waals surface area contributed by atoms with Gasteiger partial charge in [0.1, 0.15) is 6.10 Å². The van der Waals surface area contributed by atoms with Gasteiger partial charge >= 0.3 is 6.09 Å². The van der Waals surface area contributed by atoms with Crippen molar-refractivity contribution in [3.05, 3.63) is 70.8 Å². The van der Waals surface area contributed by atoms with Crippen molar-refractivity contribution >= 4 is 6.09 Å². The minimum Gasteiger partial charge on any atom is -0.445 e. The quantitative estimate of drug-likeness (QED) is 0.331. The highest BCUT2D eigenvalue weighted by Gasteiger charge is 2.34. The van der Waals surface area contributed by atoms with E-state index >= 15 is 0 Å². The Morgan fingerprint density at radius 1 is 0.842 bits per heavy atom. The fourth-order valence-electron chi connectivity index (χ4n) is 7.12. The maximum atomic E-state index is 12.3. The molecule has 2 aromatic rings. The number of carbonyl (C=O) groups excluding carboxylic acids is 1. The second-order valence-corrected chi connectivity index (χ2v) is 12.0. The van der Waals surface area contributed by atoms with Gasteiger partial charge < -0.3 is 15.4 Å². The molecule has 0 radical (unpaired) electrons. The van der Waals surface area contributed by atoms with Gasteiger partial charge in [-0.3, -0.25) is 0 Å². The summed E-state index contributed by atoms with van der Waals surface area (Å²) in [6, 6.07) is 19.3. The molecular formula is C34H48N2O2. The predicted octanol–water partition coefficient (Wildman–Crippen LogP) is 8.17. The van der Waals surface area contributed by atoms with Crippen LogP contribution in [0, 0.1) is 0 Å². The first kappa shape index (κ1) is 27.2. The third-order valence-electron chi connectivity index (χ3n) is 9.34. The van der Waals surface area contributed by atoms with Crippen LogP contribution in [0.15, 0.2) is 48.5 Å². The summed E-state index contributed by atoms with van der Waals surface area (Å²) in [5, 5.41) is 6.63. The molecule has 4 heteroatoms. The van der Waals surface area contributed by atoms with E-state index in [1.54, 1.807) is 0 Å². The summed E-state index contributed by atoms with van der Waals surface area (Å²) in [5.74, 6) is 1.69. The van der Waals surface area contributed by atoms with E-state index in [1.807, 2.05) is 0 Å². The molecule has 5 rings (SSSR count). The number of hydrogen-bond donors (Lipinski definition) is 2. The zero-order valence-corrected chi connectivity index (χ0v) is 23.4. The minimum absolute atomic E-state index is 0.0906. The second-order valence-electron chi connectivity index (χ2n) is 12.0. The molecule has 3 fully saturated rings. The Morgan fingerprint density at radius 2 is 1.37 bits per heavy atom. The summed E-state index contributed by atoms with van der Waals surface area (Å²) >= 11 is 0. The molecule has 38 heavy (non-hydrogen) atoms. The lowest BCUT2D eigenvalue weighted by Crippen LogP contribution is -2.30. The van der Waals surface area contributed by atoms with Crippen LogP contribution < -0.4 is 10.6 Å². The Kier molecular flexibility index (Phi) is 9.78. The summed E-state index contributed by atoms with van der Waals surface area (Å²) in [5.41, 5.74) is 5.73. The topological polar surface area (TPSA) is 50.4 Å². The van der Waals surface area contributed by atoms with Crippen molar-refractivity contribution in [3.63, 3.8) is 0 Å². The molecule has 0 aromatic heterocycles. The van der Waals surface area contributed by atoms with E-state index < -0.39 is 0 Å². The van der Waals surface area contributed by atoms with Crippen LogP contribution in [0.2, 0.25) is 0 Å². The molecule has 1 aliphatic heterocycles. The fourth-order valence-corrected chi connectivity index (χ4v) is 7.12. The first-order valence-corrected chi connectivity index (χ1v) is 15.6. The van der Waals surface area contributed by atoms with Gasteiger partial charge in [0.2, 0.25) is 0 Å².